The minimum Gasteiger partial charge on any atom is -0.135 e. The molecule has 0 aliphatic carbocycles. The van der Waals surface area contributed by atoms with Crippen LogP contribution in [-0.2, 0) is 0 Å². The van der Waals surface area contributed by atoms with Crippen LogP contribution in [0.2, 0.25) is 0 Å². The molecule has 1 saturated heterocycles. The molecule has 1 heterocycles. The average Bonchev–Trinajstić information content (AvgIpc) is 2.13. The second-order valence-corrected chi connectivity index (χ2v) is 7.85. The van der Waals surface area contributed by atoms with Crippen molar-refractivity contribution in [1.82, 2.24) is 0 Å². The van der Waals surface area contributed by atoms with E-state index < -0.39 is 0 Å². The standard InChI is InChI=1S/C7H15PS/c1-4-7-5-6(2)8(3)9-7/h6-8H,3-5H2,1-2H3. The van der Waals surface area contributed by atoms with Gasteiger partial charge in [-0.3, -0.25) is 0 Å². The summed E-state index contributed by atoms with van der Waals surface area (Å²) in [6, 6.07) is 0. The van der Waals surface area contributed by atoms with Gasteiger partial charge in [-0.2, -0.15) is 0 Å². The molecular formula is C7H15PS. The van der Waals surface area contributed by atoms with Crippen LogP contribution in [0.3, 0.4) is 0 Å². The molecule has 9 heavy (non-hydrogen) atoms. The first-order chi connectivity index (χ1) is 4.24. The van der Waals surface area contributed by atoms with Gasteiger partial charge in [0.05, 0.1) is 0 Å². The molecule has 3 atom stereocenters. The Morgan fingerprint density at radius 2 is 2.44 bits per heavy atom. The van der Waals surface area contributed by atoms with Gasteiger partial charge in [-0.1, -0.05) is 26.9 Å². The summed E-state index contributed by atoms with van der Waals surface area (Å²) in [6.07, 6.45) is 6.96. The first-order valence-electron chi connectivity index (χ1n) is 3.59. The molecule has 0 aromatic carbocycles. The molecule has 1 fully saturated rings. The molecule has 0 nitrogen and oxygen atoms in total. The highest BCUT2D eigenvalue weighted by atomic mass is 32.7. The van der Waals surface area contributed by atoms with Gasteiger partial charge in [0.25, 0.3) is 0 Å². The Hall–Kier alpha value is 0.650. The SMILES string of the molecule is C=[PH]1SC(CC)CC1C. The summed E-state index contributed by atoms with van der Waals surface area (Å²) >= 11 is 2.16. The van der Waals surface area contributed by atoms with Crippen molar-refractivity contribution in [2.45, 2.75) is 37.6 Å². The van der Waals surface area contributed by atoms with Gasteiger partial charge < -0.3 is 0 Å². The average molecular weight is 162 g/mol. The molecule has 0 aromatic heterocycles. The fourth-order valence-corrected chi connectivity index (χ4v) is 6.14. The van der Waals surface area contributed by atoms with Gasteiger partial charge in [-0.25, -0.2) is 0 Å². The molecule has 1 aliphatic heterocycles. The van der Waals surface area contributed by atoms with Crippen LogP contribution in [0.1, 0.15) is 26.7 Å². The topological polar surface area (TPSA) is 0 Å². The first kappa shape index (κ1) is 7.75. The smallest absolute Gasteiger partial charge is 0.00889 e. The lowest BCUT2D eigenvalue weighted by atomic mass is 10.2. The third-order valence-electron chi connectivity index (χ3n) is 1.94. The molecule has 1 aliphatic rings. The lowest BCUT2D eigenvalue weighted by Gasteiger charge is -2.00. The highest BCUT2D eigenvalue weighted by molar-refractivity contribution is 8.55. The number of hydrogen-bond donors (Lipinski definition) is 0. The zero-order valence-electron chi connectivity index (χ0n) is 6.18. The maximum Gasteiger partial charge on any atom is 0.00889 e. The van der Waals surface area contributed by atoms with Crippen LogP contribution in [0, 0.1) is 0 Å². The molecular weight excluding hydrogens is 147 g/mol. The summed E-state index contributed by atoms with van der Waals surface area (Å²) in [5.41, 5.74) is 0.949. The third kappa shape index (κ3) is 1.78. The normalized spacial score (nSPS) is 43.6. The second kappa shape index (κ2) is 3.16. The quantitative estimate of drug-likeness (QED) is 0.534. The van der Waals surface area contributed by atoms with Gasteiger partial charge in [0.1, 0.15) is 0 Å². The van der Waals surface area contributed by atoms with Gasteiger partial charge in [-0.15, -0.1) is 11.4 Å². The van der Waals surface area contributed by atoms with Crippen LogP contribution in [0.5, 0.6) is 0 Å². The Bertz CT molecular complexity index is 122. The Morgan fingerprint density at radius 3 is 2.67 bits per heavy atom. The van der Waals surface area contributed by atoms with Crippen molar-refractivity contribution in [3.8, 4) is 0 Å². The zero-order chi connectivity index (χ0) is 6.85. The number of hydrogen-bond acceptors (Lipinski definition) is 1. The molecule has 0 radical (unpaired) electrons. The van der Waals surface area contributed by atoms with Crippen molar-refractivity contribution >= 4 is 24.4 Å². The molecule has 0 amide bonds. The van der Waals surface area contributed by atoms with E-state index >= 15 is 0 Å². The summed E-state index contributed by atoms with van der Waals surface area (Å²) in [7, 11) is 0. The van der Waals surface area contributed by atoms with Gasteiger partial charge in [0.15, 0.2) is 0 Å². The molecule has 2 heteroatoms. The summed E-state index contributed by atoms with van der Waals surface area (Å²) in [5, 5.41) is 0.950. The highest BCUT2D eigenvalue weighted by Crippen LogP contribution is 2.55. The summed E-state index contributed by atoms with van der Waals surface area (Å²) in [4.78, 5) is 0. The monoisotopic (exact) mass is 162 g/mol. The van der Waals surface area contributed by atoms with E-state index in [4.69, 9.17) is 0 Å². The summed E-state index contributed by atoms with van der Waals surface area (Å²) in [5.74, 6) is 0. The highest BCUT2D eigenvalue weighted by Gasteiger charge is 2.22. The van der Waals surface area contributed by atoms with E-state index in [1.165, 1.54) is 12.8 Å². The van der Waals surface area contributed by atoms with Crippen molar-refractivity contribution in [1.29, 1.82) is 0 Å². The summed E-state index contributed by atoms with van der Waals surface area (Å²) < 4.78 is 0. The van der Waals surface area contributed by atoms with E-state index in [1.54, 1.807) is 0 Å². The molecule has 0 aromatic rings. The fourth-order valence-electron chi connectivity index (χ4n) is 1.15. The molecule has 0 bridgehead atoms. The molecule has 3 unspecified atom stereocenters. The van der Waals surface area contributed by atoms with Crippen LogP contribution in [0.4, 0.5) is 0 Å². The van der Waals surface area contributed by atoms with Gasteiger partial charge in [-0.05, 0) is 18.5 Å². The molecule has 0 spiro atoms. The Labute approximate surface area is 62.6 Å². The summed E-state index contributed by atoms with van der Waals surface area (Å²) in [6.45, 7) is 4.41. The van der Waals surface area contributed by atoms with Crippen LogP contribution in [0.15, 0.2) is 0 Å². The zero-order valence-corrected chi connectivity index (χ0v) is 8.00. The van der Waals surface area contributed by atoms with Crippen molar-refractivity contribution in [3.05, 3.63) is 0 Å². The second-order valence-electron chi connectivity index (χ2n) is 2.75. The van der Waals surface area contributed by atoms with E-state index in [0.29, 0.717) is 0 Å². The third-order valence-corrected chi connectivity index (χ3v) is 7.55. The van der Waals surface area contributed by atoms with Crippen molar-refractivity contribution in [3.63, 3.8) is 0 Å². The molecule has 1 rings (SSSR count). The Morgan fingerprint density at radius 1 is 1.78 bits per heavy atom. The van der Waals surface area contributed by atoms with Crippen LogP contribution < -0.4 is 0 Å². The molecule has 54 valence electrons. The van der Waals surface area contributed by atoms with Gasteiger partial charge in [0.2, 0.25) is 0 Å². The van der Waals surface area contributed by atoms with Crippen LogP contribution >= 0.6 is 18.1 Å². The largest absolute Gasteiger partial charge is 0.135 e. The van der Waals surface area contributed by atoms with E-state index in [0.717, 1.165) is 10.9 Å². The van der Waals surface area contributed by atoms with Gasteiger partial charge >= 0.3 is 0 Å². The van der Waals surface area contributed by atoms with E-state index in [-0.39, 0.29) is 6.75 Å². The molecule has 0 N–H and O–H groups in total. The predicted octanol–water partition coefficient (Wildman–Crippen LogP) is 2.85. The van der Waals surface area contributed by atoms with Crippen molar-refractivity contribution < 1.29 is 0 Å². The predicted molar refractivity (Wildman–Crippen MR) is 51.2 cm³/mol. The maximum absolute atomic E-state index is 4.18. The maximum atomic E-state index is 4.18. The molecule has 0 saturated carbocycles. The van der Waals surface area contributed by atoms with E-state index in [2.05, 4.69) is 31.5 Å². The Kier molecular flexibility index (Phi) is 2.73. The minimum absolute atomic E-state index is 0.229. The fraction of sp³-hybridized carbons (Fsp3) is 0.857. The Balaban J connectivity index is 2.44. The van der Waals surface area contributed by atoms with Crippen molar-refractivity contribution in [2.75, 3.05) is 0 Å². The lowest BCUT2D eigenvalue weighted by Crippen LogP contribution is -1.97. The van der Waals surface area contributed by atoms with Crippen LogP contribution in [0.25, 0.3) is 0 Å². The first-order valence-corrected chi connectivity index (χ1v) is 6.98. The minimum atomic E-state index is -0.229. The van der Waals surface area contributed by atoms with Gasteiger partial charge in [0, 0.05) is 5.25 Å². The van der Waals surface area contributed by atoms with E-state index in [1.807, 2.05) is 0 Å². The van der Waals surface area contributed by atoms with Crippen LogP contribution in [-0.4, -0.2) is 17.2 Å². The number of rotatable bonds is 1. The van der Waals surface area contributed by atoms with E-state index in [9.17, 15) is 0 Å². The lowest BCUT2D eigenvalue weighted by molar-refractivity contribution is 0.743. The van der Waals surface area contributed by atoms with Crippen molar-refractivity contribution in [2.24, 2.45) is 0 Å².